The predicted molar refractivity (Wildman–Crippen MR) is 106 cm³/mol. The van der Waals surface area contributed by atoms with E-state index in [-0.39, 0.29) is 0 Å². The molecule has 0 radical (unpaired) electrons. The summed E-state index contributed by atoms with van der Waals surface area (Å²) in [5.41, 5.74) is 3.70. The van der Waals surface area contributed by atoms with Gasteiger partial charge in [-0.05, 0) is 31.2 Å². The minimum Gasteiger partial charge on any atom is -0.491 e. The molecule has 0 aliphatic rings. The Bertz CT molecular complexity index is 1080. The Morgan fingerprint density at radius 2 is 1.86 bits per heavy atom. The molecule has 0 unspecified atom stereocenters. The second-order valence-corrected chi connectivity index (χ2v) is 6.24. The Kier molecular flexibility index (Phi) is 5.52. The first-order chi connectivity index (χ1) is 14.2. The average molecular weight is 392 g/mol. The van der Waals surface area contributed by atoms with Crippen LogP contribution in [0.3, 0.4) is 0 Å². The molecule has 0 spiro atoms. The van der Waals surface area contributed by atoms with Crippen LogP contribution in [0, 0.1) is 6.92 Å². The van der Waals surface area contributed by atoms with E-state index in [2.05, 4.69) is 35.6 Å². The minimum atomic E-state index is 0.461. The Balaban J connectivity index is 1.51. The van der Waals surface area contributed by atoms with Gasteiger partial charge in [0.05, 0.1) is 42.6 Å². The van der Waals surface area contributed by atoms with E-state index in [1.807, 2.05) is 31.2 Å². The van der Waals surface area contributed by atoms with Crippen LogP contribution in [0.5, 0.6) is 5.75 Å². The molecule has 10 heteroatoms. The normalized spacial score (nSPS) is 11.0. The molecule has 29 heavy (non-hydrogen) atoms. The molecule has 10 nitrogen and oxygen atoms in total. The van der Waals surface area contributed by atoms with E-state index in [1.54, 1.807) is 30.4 Å². The number of methoxy groups -OCH3 is 1. The second-order valence-electron chi connectivity index (χ2n) is 6.24. The Morgan fingerprint density at radius 1 is 1.00 bits per heavy atom. The van der Waals surface area contributed by atoms with Gasteiger partial charge in [-0.25, -0.2) is 4.98 Å². The van der Waals surface area contributed by atoms with Crippen LogP contribution >= 0.6 is 0 Å². The maximum atomic E-state index is 5.59. The maximum absolute atomic E-state index is 5.59. The van der Waals surface area contributed by atoms with Gasteiger partial charge in [0.1, 0.15) is 12.4 Å². The Morgan fingerprint density at radius 3 is 2.62 bits per heavy atom. The van der Waals surface area contributed by atoms with Crippen LogP contribution in [0.1, 0.15) is 11.4 Å². The lowest BCUT2D eigenvalue weighted by molar-refractivity contribution is 0.146. The molecule has 4 aromatic rings. The largest absolute Gasteiger partial charge is 0.491 e. The van der Waals surface area contributed by atoms with Gasteiger partial charge in [-0.15, -0.1) is 5.10 Å². The van der Waals surface area contributed by atoms with Gasteiger partial charge in [0.2, 0.25) is 5.95 Å². The number of benzene rings is 1. The van der Waals surface area contributed by atoms with E-state index in [0.717, 1.165) is 22.8 Å². The van der Waals surface area contributed by atoms with E-state index in [4.69, 9.17) is 9.47 Å². The van der Waals surface area contributed by atoms with Gasteiger partial charge in [-0.2, -0.15) is 9.67 Å². The lowest BCUT2D eigenvalue weighted by Gasteiger charge is -2.07. The number of nitrogens with one attached hydrogen (secondary N) is 1. The molecule has 4 rings (SSSR count). The molecule has 0 amide bonds. The van der Waals surface area contributed by atoms with Gasteiger partial charge < -0.3 is 14.8 Å². The minimum absolute atomic E-state index is 0.461. The van der Waals surface area contributed by atoms with E-state index in [1.165, 1.54) is 0 Å². The molecular formula is C19H20N8O2. The fraction of sp³-hybridized carbons (Fsp3) is 0.263. The summed E-state index contributed by atoms with van der Waals surface area (Å²) in [6.45, 7) is 3.40. The summed E-state index contributed by atoms with van der Waals surface area (Å²) in [6, 6.07) is 7.53. The van der Waals surface area contributed by atoms with Gasteiger partial charge in [0.15, 0.2) is 11.2 Å². The van der Waals surface area contributed by atoms with Crippen molar-refractivity contribution in [2.75, 3.05) is 25.6 Å². The number of nitrogens with zero attached hydrogens (tertiary/aromatic N) is 7. The number of anilines is 1. The highest BCUT2D eigenvalue weighted by Gasteiger charge is 2.10. The van der Waals surface area contributed by atoms with Gasteiger partial charge >= 0.3 is 0 Å². The summed E-state index contributed by atoms with van der Waals surface area (Å²) < 4.78 is 12.2. The number of hydrogen-bond donors (Lipinski definition) is 1. The molecule has 0 saturated heterocycles. The fourth-order valence-electron chi connectivity index (χ4n) is 2.59. The molecule has 1 N–H and O–H groups in total. The van der Waals surface area contributed by atoms with Crippen LogP contribution in [-0.4, -0.2) is 55.3 Å². The van der Waals surface area contributed by atoms with E-state index >= 15 is 0 Å². The van der Waals surface area contributed by atoms with Crippen molar-refractivity contribution >= 4 is 17.1 Å². The summed E-state index contributed by atoms with van der Waals surface area (Å²) in [4.78, 5) is 17.4. The number of rotatable bonds is 8. The standard InChI is InChI=1S/C19H20N8O2/c1-13-9-21-14(10-20-13)11-22-19-23-12-17-18(24-19)27(26-25-17)15-3-5-16(6-4-15)29-8-7-28-2/h3-6,9-10,12H,7-8,11H2,1-2H3,(H,22,23,24). The highest BCUT2D eigenvalue weighted by Crippen LogP contribution is 2.18. The van der Waals surface area contributed by atoms with Crippen molar-refractivity contribution in [2.24, 2.45) is 0 Å². The summed E-state index contributed by atoms with van der Waals surface area (Å²) in [5.74, 6) is 1.22. The molecule has 3 heterocycles. The van der Waals surface area contributed by atoms with Gasteiger partial charge in [-0.1, -0.05) is 5.21 Å². The number of aromatic nitrogens is 7. The molecule has 0 bridgehead atoms. The average Bonchev–Trinajstić information content (AvgIpc) is 3.17. The van der Waals surface area contributed by atoms with Crippen molar-refractivity contribution in [3.05, 3.63) is 54.2 Å². The van der Waals surface area contributed by atoms with Crippen molar-refractivity contribution < 1.29 is 9.47 Å². The summed E-state index contributed by atoms with van der Waals surface area (Å²) in [6.07, 6.45) is 5.09. The topological polar surface area (TPSA) is 113 Å². The van der Waals surface area contributed by atoms with Gasteiger partial charge in [0, 0.05) is 13.3 Å². The zero-order valence-electron chi connectivity index (χ0n) is 16.1. The highest BCUT2D eigenvalue weighted by molar-refractivity contribution is 5.72. The monoisotopic (exact) mass is 392 g/mol. The van der Waals surface area contributed by atoms with Crippen LogP contribution < -0.4 is 10.1 Å². The van der Waals surface area contributed by atoms with Gasteiger partial charge in [-0.3, -0.25) is 9.97 Å². The maximum Gasteiger partial charge on any atom is 0.225 e. The number of aryl methyl sites for hydroxylation is 1. The van der Waals surface area contributed by atoms with Crippen molar-refractivity contribution in [2.45, 2.75) is 13.5 Å². The number of ether oxygens (including phenoxy) is 2. The SMILES string of the molecule is COCCOc1ccc(-n2nnc3cnc(NCc4cnc(C)cn4)nc32)cc1. The zero-order valence-corrected chi connectivity index (χ0v) is 16.1. The van der Waals surface area contributed by atoms with E-state index in [9.17, 15) is 0 Å². The first-order valence-electron chi connectivity index (χ1n) is 9.05. The molecule has 0 atom stereocenters. The smallest absolute Gasteiger partial charge is 0.225 e. The van der Waals surface area contributed by atoms with Crippen molar-refractivity contribution in [1.82, 2.24) is 34.9 Å². The fourth-order valence-corrected chi connectivity index (χ4v) is 2.59. The lowest BCUT2D eigenvalue weighted by atomic mass is 10.3. The first-order valence-corrected chi connectivity index (χ1v) is 9.05. The molecule has 148 valence electrons. The van der Waals surface area contributed by atoms with Crippen LogP contribution in [-0.2, 0) is 11.3 Å². The Labute approximate surface area is 167 Å². The number of hydrogen-bond acceptors (Lipinski definition) is 9. The first kappa shape index (κ1) is 18.7. The van der Waals surface area contributed by atoms with E-state index < -0.39 is 0 Å². The molecule has 0 aliphatic carbocycles. The van der Waals surface area contributed by atoms with Crippen LogP contribution in [0.2, 0.25) is 0 Å². The van der Waals surface area contributed by atoms with Crippen molar-refractivity contribution in [1.29, 1.82) is 0 Å². The van der Waals surface area contributed by atoms with Crippen LogP contribution in [0.4, 0.5) is 5.95 Å². The van der Waals surface area contributed by atoms with E-state index in [0.29, 0.717) is 36.9 Å². The molecule has 0 fully saturated rings. The third-order valence-electron chi connectivity index (χ3n) is 4.09. The van der Waals surface area contributed by atoms with Crippen LogP contribution in [0.25, 0.3) is 16.9 Å². The number of fused-ring (bicyclic) bond motifs is 1. The molecule has 1 aromatic carbocycles. The zero-order chi connectivity index (χ0) is 20.1. The molecule has 0 saturated carbocycles. The third-order valence-corrected chi connectivity index (χ3v) is 4.09. The summed E-state index contributed by atoms with van der Waals surface area (Å²) >= 11 is 0. The highest BCUT2D eigenvalue weighted by atomic mass is 16.5. The Hall–Kier alpha value is -3.66. The quantitative estimate of drug-likeness (QED) is 0.449. The van der Waals surface area contributed by atoms with Crippen LogP contribution in [0.15, 0.2) is 42.9 Å². The predicted octanol–water partition coefficient (Wildman–Crippen LogP) is 1.95. The summed E-state index contributed by atoms with van der Waals surface area (Å²) in [7, 11) is 1.64. The second kappa shape index (κ2) is 8.57. The van der Waals surface area contributed by atoms with Crippen molar-refractivity contribution in [3.63, 3.8) is 0 Å². The van der Waals surface area contributed by atoms with Crippen molar-refractivity contribution in [3.8, 4) is 11.4 Å². The molecule has 3 aromatic heterocycles. The molecule has 0 aliphatic heterocycles. The third kappa shape index (κ3) is 4.43. The molecular weight excluding hydrogens is 372 g/mol. The lowest BCUT2D eigenvalue weighted by Crippen LogP contribution is -2.07. The van der Waals surface area contributed by atoms with Gasteiger partial charge in [0.25, 0.3) is 0 Å². The summed E-state index contributed by atoms with van der Waals surface area (Å²) in [5, 5.41) is 11.5.